The van der Waals surface area contributed by atoms with Gasteiger partial charge in [0.05, 0.1) is 13.0 Å². The zero-order valence-corrected chi connectivity index (χ0v) is 17.0. The van der Waals surface area contributed by atoms with Crippen molar-refractivity contribution < 1.29 is 14.3 Å². The summed E-state index contributed by atoms with van der Waals surface area (Å²) in [4.78, 5) is 27.8. The highest BCUT2D eigenvalue weighted by Crippen LogP contribution is 2.37. The van der Waals surface area contributed by atoms with E-state index >= 15 is 0 Å². The van der Waals surface area contributed by atoms with Crippen molar-refractivity contribution in [3.63, 3.8) is 0 Å². The van der Waals surface area contributed by atoms with Crippen molar-refractivity contribution in [3.05, 3.63) is 34.9 Å². The van der Waals surface area contributed by atoms with Crippen molar-refractivity contribution in [2.24, 2.45) is 5.92 Å². The standard InChI is InChI=1S/C23H33NO3/c1-4-27-23(26)21-13-12-20(18-8-6-5-7-9-18)24(21)22(25)15-19-11-10-16(2)14-17(19)3/h10-11,14,18,20-21H,4-9,12-13,15H2,1-3H3. The Bertz CT molecular complexity index is 678. The molecule has 0 spiro atoms. The van der Waals surface area contributed by atoms with E-state index in [1.54, 1.807) is 0 Å². The molecule has 27 heavy (non-hydrogen) atoms. The van der Waals surface area contributed by atoms with Gasteiger partial charge in [-0.25, -0.2) is 4.79 Å². The molecule has 1 aromatic carbocycles. The molecule has 2 atom stereocenters. The van der Waals surface area contributed by atoms with E-state index in [2.05, 4.69) is 26.0 Å². The number of amides is 1. The van der Waals surface area contributed by atoms with E-state index in [0.29, 0.717) is 18.9 Å². The average molecular weight is 372 g/mol. The minimum Gasteiger partial charge on any atom is -0.464 e. The zero-order chi connectivity index (χ0) is 19.4. The first-order chi connectivity index (χ1) is 13.0. The van der Waals surface area contributed by atoms with Gasteiger partial charge in [0.15, 0.2) is 0 Å². The van der Waals surface area contributed by atoms with E-state index in [9.17, 15) is 9.59 Å². The smallest absolute Gasteiger partial charge is 0.328 e. The second kappa shape index (κ2) is 8.90. The maximum Gasteiger partial charge on any atom is 0.328 e. The van der Waals surface area contributed by atoms with E-state index in [1.165, 1.54) is 37.7 Å². The van der Waals surface area contributed by atoms with Crippen molar-refractivity contribution in [1.29, 1.82) is 0 Å². The van der Waals surface area contributed by atoms with Crippen LogP contribution >= 0.6 is 0 Å². The van der Waals surface area contributed by atoms with E-state index < -0.39 is 6.04 Å². The van der Waals surface area contributed by atoms with Gasteiger partial charge in [0.1, 0.15) is 6.04 Å². The molecular weight excluding hydrogens is 338 g/mol. The molecule has 2 aliphatic rings. The van der Waals surface area contributed by atoms with Gasteiger partial charge < -0.3 is 9.64 Å². The highest BCUT2D eigenvalue weighted by atomic mass is 16.5. The van der Waals surface area contributed by atoms with Crippen molar-refractivity contribution in [1.82, 2.24) is 4.90 Å². The second-order valence-corrected chi connectivity index (χ2v) is 8.22. The number of hydrogen-bond acceptors (Lipinski definition) is 3. The van der Waals surface area contributed by atoms with Crippen LogP contribution in [-0.4, -0.2) is 35.5 Å². The summed E-state index contributed by atoms with van der Waals surface area (Å²) in [6.07, 6.45) is 8.15. The SMILES string of the molecule is CCOC(=O)C1CCC(C2CCCCC2)N1C(=O)Cc1ccc(C)cc1C. The molecule has 1 heterocycles. The number of rotatable bonds is 5. The van der Waals surface area contributed by atoms with Crippen molar-refractivity contribution in [3.8, 4) is 0 Å². The summed E-state index contributed by atoms with van der Waals surface area (Å²) in [6, 6.07) is 6.01. The molecule has 3 rings (SSSR count). The highest BCUT2D eigenvalue weighted by Gasteiger charge is 2.44. The number of ether oxygens (including phenoxy) is 1. The van der Waals surface area contributed by atoms with Crippen LogP contribution in [0.25, 0.3) is 0 Å². The Balaban J connectivity index is 1.81. The first kappa shape index (κ1) is 19.9. The summed E-state index contributed by atoms with van der Waals surface area (Å²) in [5, 5.41) is 0. The lowest BCUT2D eigenvalue weighted by Crippen LogP contribution is -2.49. The normalized spacial score (nSPS) is 23.4. The highest BCUT2D eigenvalue weighted by molar-refractivity contribution is 5.87. The van der Waals surface area contributed by atoms with Crippen LogP contribution < -0.4 is 0 Å². The Morgan fingerprint density at radius 2 is 1.81 bits per heavy atom. The lowest BCUT2D eigenvalue weighted by atomic mass is 9.83. The topological polar surface area (TPSA) is 46.6 Å². The predicted octanol–water partition coefficient (Wildman–Crippen LogP) is 4.35. The molecule has 2 fully saturated rings. The number of nitrogens with zero attached hydrogens (tertiary/aromatic N) is 1. The zero-order valence-electron chi connectivity index (χ0n) is 17.0. The first-order valence-electron chi connectivity index (χ1n) is 10.5. The summed E-state index contributed by atoms with van der Waals surface area (Å²) in [7, 11) is 0. The molecular formula is C23H33NO3. The third-order valence-electron chi connectivity index (χ3n) is 6.31. The summed E-state index contributed by atoms with van der Waals surface area (Å²) < 4.78 is 5.30. The minimum atomic E-state index is -0.407. The number of carbonyl (C=O) groups is 2. The van der Waals surface area contributed by atoms with Crippen molar-refractivity contribution in [2.75, 3.05) is 6.61 Å². The summed E-state index contributed by atoms with van der Waals surface area (Å²) in [5.41, 5.74) is 3.40. The lowest BCUT2D eigenvalue weighted by Gasteiger charge is -2.36. The van der Waals surface area contributed by atoms with Crippen LogP contribution in [0.1, 0.15) is 68.6 Å². The summed E-state index contributed by atoms with van der Waals surface area (Å²) in [5.74, 6) is 0.374. The Morgan fingerprint density at radius 3 is 2.48 bits per heavy atom. The number of likely N-dealkylation sites (tertiary alicyclic amines) is 1. The fourth-order valence-corrected chi connectivity index (χ4v) is 4.95. The number of benzene rings is 1. The third kappa shape index (κ3) is 4.53. The molecule has 4 nitrogen and oxygen atoms in total. The molecule has 1 saturated heterocycles. The van der Waals surface area contributed by atoms with Gasteiger partial charge in [0, 0.05) is 6.04 Å². The van der Waals surface area contributed by atoms with Crippen LogP contribution in [0.4, 0.5) is 0 Å². The van der Waals surface area contributed by atoms with E-state index in [-0.39, 0.29) is 17.9 Å². The van der Waals surface area contributed by atoms with Gasteiger partial charge in [0.2, 0.25) is 5.91 Å². The molecule has 2 unspecified atom stereocenters. The molecule has 1 aromatic rings. The van der Waals surface area contributed by atoms with Crippen LogP contribution in [0.2, 0.25) is 0 Å². The van der Waals surface area contributed by atoms with Crippen molar-refractivity contribution >= 4 is 11.9 Å². The number of aryl methyl sites for hydroxylation is 2. The molecule has 1 aliphatic heterocycles. The average Bonchev–Trinajstić information content (AvgIpc) is 3.10. The largest absolute Gasteiger partial charge is 0.464 e. The summed E-state index contributed by atoms with van der Waals surface area (Å²) in [6.45, 7) is 6.31. The maximum atomic E-state index is 13.3. The quantitative estimate of drug-likeness (QED) is 0.723. The second-order valence-electron chi connectivity index (χ2n) is 8.22. The van der Waals surface area contributed by atoms with Gasteiger partial charge in [-0.15, -0.1) is 0 Å². The van der Waals surface area contributed by atoms with Crippen LogP contribution in [0.15, 0.2) is 18.2 Å². The van der Waals surface area contributed by atoms with Crippen LogP contribution in [0.3, 0.4) is 0 Å². The van der Waals surface area contributed by atoms with Gasteiger partial charge in [-0.2, -0.15) is 0 Å². The number of esters is 1. The first-order valence-corrected chi connectivity index (χ1v) is 10.5. The lowest BCUT2D eigenvalue weighted by molar-refractivity contribution is -0.154. The molecule has 1 saturated carbocycles. The van der Waals surface area contributed by atoms with Gasteiger partial charge in [-0.3, -0.25) is 4.79 Å². The van der Waals surface area contributed by atoms with Crippen molar-refractivity contribution in [2.45, 2.75) is 84.2 Å². The van der Waals surface area contributed by atoms with Crippen LogP contribution in [-0.2, 0) is 20.7 Å². The van der Waals surface area contributed by atoms with Gasteiger partial charge in [-0.05, 0) is 63.5 Å². The Morgan fingerprint density at radius 1 is 1.07 bits per heavy atom. The van der Waals surface area contributed by atoms with Crippen LogP contribution in [0.5, 0.6) is 0 Å². The van der Waals surface area contributed by atoms with Crippen LogP contribution in [0, 0.1) is 19.8 Å². The number of carbonyl (C=O) groups excluding carboxylic acids is 2. The molecule has 1 amide bonds. The van der Waals surface area contributed by atoms with E-state index in [4.69, 9.17) is 4.74 Å². The fourth-order valence-electron chi connectivity index (χ4n) is 4.95. The molecule has 1 aliphatic carbocycles. The third-order valence-corrected chi connectivity index (χ3v) is 6.31. The van der Waals surface area contributed by atoms with E-state index in [1.807, 2.05) is 17.9 Å². The Hall–Kier alpha value is -1.84. The molecule has 148 valence electrons. The molecule has 0 bridgehead atoms. The minimum absolute atomic E-state index is 0.0769. The fraction of sp³-hybridized carbons (Fsp3) is 0.652. The molecule has 0 N–H and O–H groups in total. The van der Waals surface area contributed by atoms with Gasteiger partial charge >= 0.3 is 5.97 Å². The molecule has 0 radical (unpaired) electrons. The predicted molar refractivity (Wildman–Crippen MR) is 106 cm³/mol. The monoisotopic (exact) mass is 371 g/mol. The van der Waals surface area contributed by atoms with E-state index in [0.717, 1.165) is 24.0 Å². The van der Waals surface area contributed by atoms with Gasteiger partial charge in [-0.1, -0.05) is 43.0 Å². The number of hydrogen-bond donors (Lipinski definition) is 0. The Labute approximate surface area is 163 Å². The molecule has 0 aromatic heterocycles. The summed E-state index contributed by atoms with van der Waals surface area (Å²) >= 11 is 0. The van der Waals surface area contributed by atoms with Gasteiger partial charge in [0.25, 0.3) is 0 Å². The maximum absolute atomic E-state index is 13.3. The Kier molecular flexibility index (Phi) is 6.56. The molecule has 4 heteroatoms.